The minimum absolute atomic E-state index is 0.0341. The van der Waals surface area contributed by atoms with Gasteiger partial charge in [0, 0.05) is 22.4 Å². The Labute approximate surface area is 126 Å². The molecule has 2 heterocycles. The highest BCUT2D eigenvalue weighted by atomic mass is 79.9. The second kappa shape index (κ2) is 5.17. The fraction of sp³-hybridized carbons (Fsp3) is 0.500. The minimum atomic E-state index is 0.0341. The standard InChI is InChI=1S/C16H18BrNO2/c17-12-4-5-14-11(6-12)7-15(20-14)16-8-18-13-3-1-2-10(13)9-19-16/h4-7,10,13,16,18H,1-3,8-9H2. The number of rotatable bonds is 1. The van der Waals surface area contributed by atoms with Crippen molar-refractivity contribution >= 4 is 26.9 Å². The zero-order valence-corrected chi connectivity index (χ0v) is 12.9. The molecule has 1 aromatic carbocycles. The van der Waals surface area contributed by atoms with E-state index >= 15 is 0 Å². The molecular formula is C16H18BrNO2. The SMILES string of the molecule is Brc1ccc2oc(C3CNC4CCCC4CO3)cc2c1. The summed E-state index contributed by atoms with van der Waals surface area (Å²) in [5.74, 6) is 1.61. The lowest BCUT2D eigenvalue weighted by Crippen LogP contribution is -2.32. The second-order valence-electron chi connectivity index (χ2n) is 5.86. The molecule has 1 aliphatic carbocycles. The lowest BCUT2D eigenvalue weighted by Gasteiger charge is -2.14. The van der Waals surface area contributed by atoms with Crippen molar-refractivity contribution in [1.82, 2.24) is 5.32 Å². The molecule has 1 N–H and O–H groups in total. The summed E-state index contributed by atoms with van der Waals surface area (Å²) in [6, 6.07) is 8.83. The van der Waals surface area contributed by atoms with Gasteiger partial charge in [0.2, 0.25) is 0 Å². The van der Waals surface area contributed by atoms with E-state index in [-0.39, 0.29) is 6.10 Å². The van der Waals surface area contributed by atoms with Gasteiger partial charge in [-0.15, -0.1) is 0 Å². The Bertz CT molecular complexity index is 610. The molecule has 2 aromatic rings. The Balaban J connectivity index is 1.59. The minimum Gasteiger partial charge on any atom is -0.458 e. The first-order chi connectivity index (χ1) is 9.79. The van der Waals surface area contributed by atoms with Crippen LogP contribution in [0.4, 0.5) is 0 Å². The number of fused-ring (bicyclic) bond motifs is 2. The maximum absolute atomic E-state index is 6.09. The van der Waals surface area contributed by atoms with Crippen molar-refractivity contribution in [1.29, 1.82) is 0 Å². The van der Waals surface area contributed by atoms with Crippen molar-refractivity contribution in [2.24, 2.45) is 5.92 Å². The van der Waals surface area contributed by atoms with E-state index in [4.69, 9.17) is 9.15 Å². The molecule has 0 spiro atoms. The van der Waals surface area contributed by atoms with Crippen LogP contribution in [-0.2, 0) is 4.74 Å². The van der Waals surface area contributed by atoms with Crippen molar-refractivity contribution in [2.45, 2.75) is 31.4 Å². The third-order valence-corrected chi connectivity index (χ3v) is 5.04. The van der Waals surface area contributed by atoms with Crippen molar-refractivity contribution in [2.75, 3.05) is 13.2 Å². The van der Waals surface area contributed by atoms with Gasteiger partial charge >= 0.3 is 0 Å². The number of hydrogen-bond donors (Lipinski definition) is 1. The first kappa shape index (κ1) is 12.9. The van der Waals surface area contributed by atoms with Crippen molar-refractivity contribution in [3.63, 3.8) is 0 Å². The summed E-state index contributed by atoms with van der Waals surface area (Å²) in [5.41, 5.74) is 0.927. The zero-order valence-electron chi connectivity index (χ0n) is 11.3. The van der Waals surface area contributed by atoms with Crippen LogP contribution in [0.1, 0.15) is 31.1 Å². The van der Waals surface area contributed by atoms with Gasteiger partial charge in [-0.05, 0) is 43.0 Å². The van der Waals surface area contributed by atoms with Gasteiger partial charge in [0.1, 0.15) is 17.4 Å². The summed E-state index contributed by atoms with van der Waals surface area (Å²) in [4.78, 5) is 0. The first-order valence-electron chi connectivity index (χ1n) is 7.33. The van der Waals surface area contributed by atoms with Crippen LogP contribution in [0.3, 0.4) is 0 Å². The quantitative estimate of drug-likeness (QED) is 0.854. The van der Waals surface area contributed by atoms with Gasteiger partial charge in [-0.25, -0.2) is 0 Å². The van der Waals surface area contributed by atoms with E-state index in [1.54, 1.807) is 0 Å². The first-order valence-corrected chi connectivity index (χ1v) is 8.13. The predicted octanol–water partition coefficient (Wildman–Crippen LogP) is 4.02. The molecule has 3 unspecified atom stereocenters. The highest BCUT2D eigenvalue weighted by Crippen LogP contribution is 2.33. The summed E-state index contributed by atoms with van der Waals surface area (Å²) in [6.07, 6.45) is 3.94. The van der Waals surface area contributed by atoms with E-state index in [1.165, 1.54) is 19.3 Å². The van der Waals surface area contributed by atoms with E-state index in [9.17, 15) is 0 Å². The van der Waals surface area contributed by atoms with Crippen LogP contribution in [-0.4, -0.2) is 19.2 Å². The molecule has 1 aromatic heterocycles. The summed E-state index contributed by atoms with van der Waals surface area (Å²) in [7, 11) is 0. The fourth-order valence-corrected chi connectivity index (χ4v) is 3.82. The molecule has 1 saturated carbocycles. The molecule has 0 bridgehead atoms. The third kappa shape index (κ3) is 2.30. The van der Waals surface area contributed by atoms with Crippen LogP contribution in [0.15, 0.2) is 33.2 Å². The number of furan rings is 1. The molecule has 2 fully saturated rings. The lowest BCUT2D eigenvalue weighted by atomic mass is 10.1. The van der Waals surface area contributed by atoms with E-state index in [0.29, 0.717) is 12.0 Å². The normalized spacial score (nSPS) is 30.4. The Morgan fingerprint density at radius 2 is 2.15 bits per heavy atom. The Kier molecular flexibility index (Phi) is 3.33. The van der Waals surface area contributed by atoms with Gasteiger partial charge < -0.3 is 14.5 Å². The van der Waals surface area contributed by atoms with Crippen molar-refractivity contribution in [3.05, 3.63) is 34.5 Å². The molecule has 1 saturated heterocycles. The summed E-state index contributed by atoms with van der Waals surface area (Å²) in [6.45, 7) is 1.70. The van der Waals surface area contributed by atoms with E-state index in [0.717, 1.165) is 34.4 Å². The van der Waals surface area contributed by atoms with Crippen LogP contribution in [0, 0.1) is 5.92 Å². The Morgan fingerprint density at radius 3 is 3.10 bits per heavy atom. The molecule has 3 atom stereocenters. The molecule has 0 radical (unpaired) electrons. The van der Waals surface area contributed by atoms with Crippen molar-refractivity contribution < 1.29 is 9.15 Å². The lowest BCUT2D eigenvalue weighted by molar-refractivity contribution is 0.0349. The van der Waals surface area contributed by atoms with Crippen LogP contribution < -0.4 is 5.32 Å². The van der Waals surface area contributed by atoms with Crippen LogP contribution in [0.2, 0.25) is 0 Å². The molecule has 1 aliphatic heterocycles. The molecule has 20 heavy (non-hydrogen) atoms. The highest BCUT2D eigenvalue weighted by molar-refractivity contribution is 9.10. The van der Waals surface area contributed by atoms with Gasteiger partial charge in [-0.1, -0.05) is 22.4 Å². The largest absolute Gasteiger partial charge is 0.458 e. The topological polar surface area (TPSA) is 34.4 Å². The summed E-state index contributed by atoms with van der Waals surface area (Å²) in [5, 5.41) is 4.78. The van der Waals surface area contributed by atoms with Gasteiger partial charge in [-0.2, -0.15) is 0 Å². The number of hydrogen-bond acceptors (Lipinski definition) is 3. The third-order valence-electron chi connectivity index (χ3n) is 4.55. The Morgan fingerprint density at radius 1 is 1.20 bits per heavy atom. The summed E-state index contributed by atoms with van der Waals surface area (Å²) < 4.78 is 13.1. The van der Waals surface area contributed by atoms with Crippen molar-refractivity contribution in [3.8, 4) is 0 Å². The molecule has 4 heteroatoms. The molecule has 4 rings (SSSR count). The van der Waals surface area contributed by atoms with Gasteiger partial charge in [0.25, 0.3) is 0 Å². The maximum atomic E-state index is 6.09. The van der Waals surface area contributed by atoms with Gasteiger partial charge in [0.05, 0.1) is 6.61 Å². The molecule has 3 nitrogen and oxygen atoms in total. The number of halogens is 1. The van der Waals surface area contributed by atoms with E-state index < -0.39 is 0 Å². The average molecular weight is 336 g/mol. The maximum Gasteiger partial charge on any atom is 0.135 e. The average Bonchev–Trinajstić information content (AvgIpc) is 3.01. The predicted molar refractivity (Wildman–Crippen MR) is 81.7 cm³/mol. The van der Waals surface area contributed by atoms with Crippen LogP contribution in [0.25, 0.3) is 11.0 Å². The van der Waals surface area contributed by atoms with E-state index in [1.807, 2.05) is 12.1 Å². The Hall–Kier alpha value is -0.840. The summed E-state index contributed by atoms with van der Waals surface area (Å²) >= 11 is 3.50. The smallest absolute Gasteiger partial charge is 0.135 e. The number of benzene rings is 1. The zero-order chi connectivity index (χ0) is 13.5. The second-order valence-corrected chi connectivity index (χ2v) is 6.77. The van der Waals surface area contributed by atoms with E-state index in [2.05, 4.69) is 33.4 Å². The van der Waals surface area contributed by atoms with Crippen LogP contribution in [0.5, 0.6) is 0 Å². The molecule has 106 valence electrons. The number of nitrogens with one attached hydrogen (secondary N) is 1. The molecule has 0 amide bonds. The molecular weight excluding hydrogens is 318 g/mol. The molecule has 2 aliphatic rings. The monoisotopic (exact) mass is 335 g/mol. The fourth-order valence-electron chi connectivity index (χ4n) is 3.44. The van der Waals surface area contributed by atoms with Gasteiger partial charge in [0.15, 0.2) is 0 Å². The number of ether oxygens (including phenoxy) is 1. The van der Waals surface area contributed by atoms with Crippen LogP contribution >= 0.6 is 15.9 Å². The highest BCUT2D eigenvalue weighted by Gasteiger charge is 2.32. The van der Waals surface area contributed by atoms with Gasteiger partial charge in [-0.3, -0.25) is 0 Å².